The Morgan fingerprint density at radius 2 is 1.50 bits per heavy atom. The van der Waals surface area contributed by atoms with Crippen molar-refractivity contribution in [1.82, 2.24) is 0 Å². The SMILES string of the molecule is C=CC(=O)C(CCC)(C(=O)CC)C(C(=O)CCC)=C(C(=O)C=CC)C(=O)CCCC. The van der Waals surface area contributed by atoms with E-state index < -0.39 is 34.3 Å². The van der Waals surface area contributed by atoms with Gasteiger partial charge in [0.1, 0.15) is 5.41 Å². The van der Waals surface area contributed by atoms with Crippen LogP contribution in [0.4, 0.5) is 0 Å². The van der Waals surface area contributed by atoms with Crippen molar-refractivity contribution in [2.75, 3.05) is 0 Å². The van der Waals surface area contributed by atoms with Gasteiger partial charge >= 0.3 is 0 Å². The smallest absolute Gasteiger partial charge is 0.189 e. The van der Waals surface area contributed by atoms with Crippen LogP contribution >= 0.6 is 0 Å². The Labute approximate surface area is 180 Å². The Morgan fingerprint density at radius 1 is 0.867 bits per heavy atom. The number of carbonyl (C=O) groups excluding carboxylic acids is 5. The summed E-state index contributed by atoms with van der Waals surface area (Å²) in [5.74, 6) is -2.74. The first-order valence-corrected chi connectivity index (χ1v) is 10.9. The predicted octanol–water partition coefficient (Wildman–Crippen LogP) is 5.08. The molecule has 0 fully saturated rings. The molecule has 0 bridgehead atoms. The third-order valence-electron chi connectivity index (χ3n) is 5.06. The van der Waals surface area contributed by atoms with Crippen molar-refractivity contribution in [2.45, 2.75) is 86.0 Å². The van der Waals surface area contributed by atoms with Crippen molar-refractivity contribution in [2.24, 2.45) is 5.41 Å². The Bertz CT molecular complexity index is 739. The Balaban J connectivity index is 7.52. The summed E-state index contributed by atoms with van der Waals surface area (Å²) in [5.41, 5.74) is -2.40. The normalized spacial score (nSPS) is 14.0. The van der Waals surface area contributed by atoms with Gasteiger partial charge in [0.25, 0.3) is 0 Å². The first kappa shape index (κ1) is 27.6. The summed E-state index contributed by atoms with van der Waals surface area (Å²) in [6.07, 6.45) is 6.02. The molecule has 0 aliphatic rings. The minimum absolute atomic E-state index is 0.00325. The number of hydrogen-bond donors (Lipinski definition) is 0. The van der Waals surface area contributed by atoms with Gasteiger partial charge in [-0.2, -0.15) is 0 Å². The van der Waals surface area contributed by atoms with Crippen LogP contribution in [-0.4, -0.2) is 28.9 Å². The largest absolute Gasteiger partial charge is 0.298 e. The molecule has 5 heteroatoms. The predicted molar refractivity (Wildman–Crippen MR) is 119 cm³/mol. The first-order chi connectivity index (χ1) is 14.2. The monoisotopic (exact) mass is 416 g/mol. The van der Waals surface area contributed by atoms with Gasteiger partial charge in [-0.15, -0.1) is 0 Å². The zero-order chi connectivity index (χ0) is 23.3. The molecule has 0 saturated heterocycles. The summed E-state index contributed by atoms with van der Waals surface area (Å²) in [4.78, 5) is 65.8. The summed E-state index contributed by atoms with van der Waals surface area (Å²) in [6, 6.07) is 0. The lowest BCUT2D eigenvalue weighted by Gasteiger charge is -2.33. The van der Waals surface area contributed by atoms with Gasteiger partial charge < -0.3 is 0 Å². The summed E-state index contributed by atoms with van der Waals surface area (Å²) in [7, 11) is 0. The third-order valence-corrected chi connectivity index (χ3v) is 5.06. The molecule has 0 aliphatic heterocycles. The van der Waals surface area contributed by atoms with Crippen LogP contribution in [0.5, 0.6) is 0 Å². The van der Waals surface area contributed by atoms with Crippen LogP contribution in [0, 0.1) is 5.41 Å². The number of unbranched alkanes of at least 4 members (excludes halogenated alkanes) is 1. The fraction of sp³-hybridized carbons (Fsp3) is 0.560. The highest BCUT2D eigenvalue weighted by Gasteiger charge is 2.50. The van der Waals surface area contributed by atoms with E-state index in [0.717, 1.165) is 12.5 Å². The Morgan fingerprint density at radius 3 is 1.93 bits per heavy atom. The Hall–Kier alpha value is -2.43. The molecule has 5 nitrogen and oxygen atoms in total. The van der Waals surface area contributed by atoms with Crippen LogP contribution in [0.2, 0.25) is 0 Å². The van der Waals surface area contributed by atoms with E-state index in [1.54, 1.807) is 27.7 Å². The molecule has 0 spiro atoms. The lowest BCUT2D eigenvalue weighted by Crippen LogP contribution is -2.44. The van der Waals surface area contributed by atoms with Crippen molar-refractivity contribution >= 4 is 28.9 Å². The van der Waals surface area contributed by atoms with Crippen LogP contribution in [0.15, 0.2) is 36.0 Å². The number of allylic oxidation sites excluding steroid dienone is 5. The molecule has 1 atom stereocenters. The Kier molecular flexibility index (Phi) is 12.6. The average molecular weight is 417 g/mol. The van der Waals surface area contributed by atoms with Crippen LogP contribution in [-0.2, 0) is 24.0 Å². The molecule has 0 aliphatic carbocycles. The first-order valence-electron chi connectivity index (χ1n) is 10.9. The lowest BCUT2D eigenvalue weighted by molar-refractivity contribution is -0.138. The van der Waals surface area contributed by atoms with E-state index in [-0.39, 0.29) is 36.8 Å². The van der Waals surface area contributed by atoms with E-state index in [4.69, 9.17) is 0 Å². The van der Waals surface area contributed by atoms with Gasteiger partial charge in [0.05, 0.1) is 5.57 Å². The molecule has 0 amide bonds. The molecule has 1 unspecified atom stereocenters. The number of carbonyl (C=O) groups is 5. The zero-order valence-corrected chi connectivity index (χ0v) is 19.1. The highest BCUT2D eigenvalue weighted by molar-refractivity contribution is 6.31. The van der Waals surface area contributed by atoms with E-state index in [1.165, 1.54) is 12.2 Å². The third kappa shape index (κ3) is 6.28. The minimum Gasteiger partial charge on any atom is -0.298 e. The van der Waals surface area contributed by atoms with Crippen LogP contribution in [0.3, 0.4) is 0 Å². The summed E-state index contributed by atoms with van der Waals surface area (Å²) in [6.45, 7) is 12.3. The van der Waals surface area contributed by atoms with E-state index in [1.807, 2.05) is 6.92 Å². The average Bonchev–Trinajstić information content (AvgIpc) is 2.73. The minimum atomic E-state index is -1.86. The molecule has 0 rings (SSSR count). The summed E-state index contributed by atoms with van der Waals surface area (Å²) < 4.78 is 0. The van der Waals surface area contributed by atoms with Crippen molar-refractivity contribution < 1.29 is 24.0 Å². The number of ketones is 5. The molecular formula is C25H36O5. The van der Waals surface area contributed by atoms with Gasteiger partial charge in [0.2, 0.25) is 0 Å². The second kappa shape index (κ2) is 13.7. The topological polar surface area (TPSA) is 85.3 Å². The number of Topliss-reactive ketones (excluding diaryl/α,β-unsaturated/α-hetero) is 3. The highest BCUT2D eigenvalue weighted by atomic mass is 16.2. The summed E-state index contributed by atoms with van der Waals surface area (Å²) >= 11 is 0. The molecule has 30 heavy (non-hydrogen) atoms. The fourth-order valence-electron chi connectivity index (χ4n) is 3.68. The second-order valence-corrected chi connectivity index (χ2v) is 7.31. The molecule has 0 aromatic heterocycles. The molecule has 166 valence electrons. The summed E-state index contributed by atoms with van der Waals surface area (Å²) in [5, 5.41) is 0. The maximum atomic E-state index is 13.3. The molecule has 0 aromatic rings. The van der Waals surface area contributed by atoms with Gasteiger partial charge in [-0.05, 0) is 38.3 Å². The molecule has 0 heterocycles. The quantitative estimate of drug-likeness (QED) is 0.199. The number of rotatable bonds is 16. The van der Waals surface area contributed by atoms with Gasteiger partial charge in [0, 0.05) is 24.8 Å². The molecule has 0 aromatic carbocycles. The molecule has 0 saturated carbocycles. The van der Waals surface area contributed by atoms with Crippen LogP contribution in [0.1, 0.15) is 86.0 Å². The number of hydrogen-bond acceptors (Lipinski definition) is 5. The standard InChI is InChI=1S/C25H36O5/c1-7-13-16-19(27)23(18(26)14-8-2)24(20(28)15-9-3)25(17-10-4,21(29)11-5)22(30)12-6/h8,11,14H,5,7,9-10,12-13,15-17H2,1-4,6H3. The van der Waals surface area contributed by atoms with Gasteiger partial charge in [0.15, 0.2) is 28.9 Å². The van der Waals surface area contributed by atoms with Gasteiger partial charge in [-0.25, -0.2) is 0 Å². The maximum Gasteiger partial charge on any atom is 0.189 e. The van der Waals surface area contributed by atoms with E-state index >= 15 is 0 Å². The molecular weight excluding hydrogens is 380 g/mol. The van der Waals surface area contributed by atoms with Gasteiger partial charge in [-0.1, -0.05) is 53.2 Å². The van der Waals surface area contributed by atoms with E-state index in [2.05, 4.69) is 6.58 Å². The second-order valence-electron chi connectivity index (χ2n) is 7.31. The van der Waals surface area contributed by atoms with Gasteiger partial charge in [-0.3, -0.25) is 24.0 Å². The van der Waals surface area contributed by atoms with E-state index in [9.17, 15) is 24.0 Å². The van der Waals surface area contributed by atoms with Crippen LogP contribution in [0.25, 0.3) is 0 Å². The highest BCUT2D eigenvalue weighted by Crippen LogP contribution is 2.41. The van der Waals surface area contributed by atoms with Crippen molar-refractivity contribution in [3.05, 3.63) is 36.0 Å². The van der Waals surface area contributed by atoms with Crippen molar-refractivity contribution in [1.29, 1.82) is 0 Å². The molecule has 0 radical (unpaired) electrons. The molecule has 0 N–H and O–H groups in total. The fourth-order valence-corrected chi connectivity index (χ4v) is 3.68. The van der Waals surface area contributed by atoms with Crippen LogP contribution < -0.4 is 0 Å². The lowest BCUT2D eigenvalue weighted by atomic mass is 9.64. The maximum absolute atomic E-state index is 13.3. The zero-order valence-electron chi connectivity index (χ0n) is 19.1. The van der Waals surface area contributed by atoms with E-state index in [0.29, 0.717) is 19.3 Å². The van der Waals surface area contributed by atoms with Crippen molar-refractivity contribution in [3.63, 3.8) is 0 Å². The van der Waals surface area contributed by atoms with Crippen molar-refractivity contribution in [3.8, 4) is 0 Å².